The molecule has 0 amide bonds. The molecule has 1 aliphatic carbocycles. The summed E-state index contributed by atoms with van der Waals surface area (Å²) in [6, 6.07) is 2.59. The van der Waals surface area contributed by atoms with E-state index in [1.807, 2.05) is 24.8 Å². The number of aryl methyl sites for hydroxylation is 1. The molecule has 18 heavy (non-hydrogen) atoms. The van der Waals surface area contributed by atoms with Crippen molar-refractivity contribution in [3.05, 3.63) is 17.5 Å². The first-order valence-electron chi connectivity index (χ1n) is 6.67. The van der Waals surface area contributed by atoms with Crippen molar-refractivity contribution in [2.45, 2.75) is 45.2 Å². The SMILES string of the molecule is Cc1cc(CN=C2NC3CCCCC3CS2)on1. The van der Waals surface area contributed by atoms with Crippen molar-refractivity contribution in [1.82, 2.24) is 10.5 Å². The van der Waals surface area contributed by atoms with E-state index in [2.05, 4.69) is 15.5 Å². The number of amidine groups is 1. The zero-order valence-corrected chi connectivity index (χ0v) is 11.5. The van der Waals surface area contributed by atoms with E-state index in [0.29, 0.717) is 12.6 Å². The third-order valence-electron chi connectivity index (χ3n) is 3.71. The van der Waals surface area contributed by atoms with Gasteiger partial charge in [0.25, 0.3) is 0 Å². The average Bonchev–Trinajstić information content (AvgIpc) is 2.82. The van der Waals surface area contributed by atoms with Gasteiger partial charge >= 0.3 is 0 Å². The second-order valence-electron chi connectivity index (χ2n) is 5.16. The Labute approximate surface area is 112 Å². The molecule has 1 saturated carbocycles. The Morgan fingerprint density at radius 2 is 2.39 bits per heavy atom. The quantitative estimate of drug-likeness (QED) is 0.893. The highest BCUT2D eigenvalue weighted by atomic mass is 32.2. The van der Waals surface area contributed by atoms with Crippen LogP contribution >= 0.6 is 11.8 Å². The fourth-order valence-corrected chi connectivity index (χ4v) is 3.88. The van der Waals surface area contributed by atoms with Crippen LogP contribution in [0.25, 0.3) is 0 Å². The Bertz CT molecular complexity index is 443. The van der Waals surface area contributed by atoms with Crippen molar-refractivity contribution in [1.29, 1.82) is 0 Å². The Morgan fingerprint density at radius 1 is 1.50 bits per heavy atom. The zero-order chi connectivity index (χ0) is 12.4. The lowest BCUT2D eigenvalue weighted by Crippen LogP contribution is -2.46. The Hall–Kier alpha value is -0.970. The van der Waals surface area contributed by atoms with Crippen LogP contribution < -0.4 is 5.32 Å². The molecule has 3 rings (SSSR count). The van der Waals surface area contributed by atoms with Crippen molar-refractivity contribution in [3.8, 4) is 0 Å². The standard InChI is InChI=1S/C13H19N3OS/c1-9-6-11(17-16-9)7-14-13-15-12-5-3-2-4-10(12)8-18-13/h6,10,12H,2-5,7-8H2,1H3,(H,14,15). The summed E-state index contributed by atoms with van der Waals surface area (Å²) in [6.07, 6.45) is 5.42. The Balaban J connectivity index is 1.59. The minimum atomic E-state index is 0.591. The number of aliphatic imine (C=N–C) groups is 1. The minimum absolute atomic E-state index is 0.591. The molecule has 1 saturated heterocycles. The largest absolute Gasteiger partial charge is 0.362 e. The lowest BCUT2D eigenvalue weighted by Gasteiger charge is -2.36. The summed E-state index contributed by atoms with van der Waals surface area (Å²) in [7, 11) is 0. The van der Waals surface area contributed by atoms with Crippen LogP contribution in [0.1, 0.15) is 37.1 Å². The molecule has 1 N–H and O–H groups in total. The minimum Gasteiger partial charge on any atom is -0.362 e. The highest BCUT2D eigenvalue weighted by Crippen LogP contribution is 2.31. The molecule has 4 nitrogen and oxygen atoms in total. The van der Waals surface area contributed by atoms with Crippen LogP contribution in [0.5, 0.6) is 0 Å². The maximum absolute atomic E-state index is 5.17. The number of nitrogens with one attached hydrogen (secondary N) is 1. The number of fused-ring (bicyclic) bond motifs is 1. The topological polar surface area (TPSA) is 50.4 Å². The van der Waals surface area contributed by atoms with Gasteiger partial charge in [0.15, 0.2) is 10.9 Å². The summed E-state index contributed by atoms with van der Waals surface area (Å²) in [5.41, 5.74) is 0.918. The predicted octanol–water partition coefficient (Wildman–Crippen LogP) is 2.73. The van der Waals surface area contributed by atoms with Gasteiger partial charge in [0.2, 0.25) is 0 Å². The molecule has 1 aromatic heterocycles. The molecule has 0 spiro atoms. The van der Waals surface area contributed by atoms with Crippen LogP contribution in [0, 0.1) is 12.8 Å². The summed E-state index contributed by atoms with van der Waals surface area (Å²) >= 11 is 1.85. The van der Waals surface area contributed by atoms with Crippen molar-refractivity contribution >= 4 is 16.9 Å². The Morgan fingerprint density at radius 3 is 3.22 bits per heavy atom. The van der Waals surface area contributed by atoms with E-state index < -0.39 is 0 Å². The summed E-state index contributed by atoms with van der Waals surface area (Å²) in [5.74, 6) is 2.90. The maximum atomic E-state index is 5.17. The van der Waals surface area contributed by atoms with Gasteiger partial charge in [0.1, 0.15) is 6.54 Å². The third kappa shape index (κ3) is 2.71. The lowest BCUT2D eigenvalue weighted by atomic mass is 9.86. The molecule has 5 heteroatoms. The second-order valence-corrected chi connectivity index (χ2v) is 6.17. The fraction of sp³-hybridized carbons (Fsp3) is 0.692. The first-order chi connectivity index (χ1) is 8.81. The van der Waals surface area contributed by atoms with E-state index >= 15 is 0 Å². The molecule has 2 fully saturated rings. The summed E-state index contributed by atoms with van der Waals surface area (Å²) in [5, 5.41) is 8.53. The molecule has 0 aromatic carbocycles. The van der Waals surface area contributed by atoms with E-state index in [1.165, 1.54) is 31.4 Å². The molecule has 2 aliphatic rings. The molecular weight excluding hydrogens is 246 g/mol. The smallest absolute Gasteiger partial charge is 0.158 e. The number of rotatable bonds is 2. The van der Waals surface area contributed by atoms with Gasteiger partial charge in [-0.1, -0.05) is 29.8 Å². The second kappa shape index (κ2) is 5.34. The Kier molecular flexibility index (Phi) is 3.59. The number of aromatic nitrogens is 1. The molecular formula is C13H19N3OS. The van der Waals surface area contributed by atoms with E-state index in [1.54, 1.807) is 0 Å². The highest BCUT2D eigenvalue weighted by molar-refractivity contribution is 8.13. The molecule has 0 radical (unpaired) electrons. The number of hydrogen-bond donors (Lipinski definition) is 1. The average molecular weight is 265 g/mol. The molecule has 2 heterocycles. The van der Waals surface area contributed by atoms with Gasteiger partial charge in [-0.05, 0) is 25.7 Å². The summed E-state index contributed by atoms with van der Waals surface area (Å²) in [4.78, 5) is 4.59. The fourth-order valence-electron chi connectivity index (χ4n) is 2.72. The van der Waals surface area contributed by atoms with E-state index in [0.717, 1.165) is 22.5 Å². The molecule has 0 bridgehead atoms. The van der Waals surface area contributed by atoms with Crippen molar-refractivity contribution in [2.24, 2.45) is 10.9 Å². The van der Waals surface area contributed by atoms with Crippen LogP contribution in [-0.2, 0) is 6.54 Å². The van der Waals surface area contributed by atoms with Gasteiger partial charge in [-0.2, -0.15) is 0 Å². The summed E-state index contributed by atoms with van der Waals surface area (Å²) < 4.78 is 5.17. The number of hydrogen-bond acceptors (Lipinski definition) is 4. The summed E-state index contributed by atoms with van der Waals surface area (Å²) in [6.45, 7) is 2.52. The van der Waals surface area contributed by atoms with Crippen LogP contribution in [-0.4, -0.2) is 22.1 Å². The van der Waals surface area contributed by atoms with Crippen LogP contribution in [0.4, 0.5) is 0 Å². The molecule has 1 aromatic rings. The molecule has 1 aliphatic heterocycles. The first kappa shape index (κ1) is 12.1. The van der Waals surface area contributed by atoms with Gasteiger partial charge in [0, 0.05) is 17.9 Å². The van der Waals surface area contributed by atoms with Gasteiger partial charge in [-0.15, -0.1) is 0 Å². The van der Waals surface area contributed by atoms with E-state index in [9.17, 15) is 0 Å². The van der Waals surface area contributed by atoms with E-state index in [4.69, 9.17) is 4.52 Å². The molecule has 98 valence electrons. The molecule has 2 atom stereocenters. The van der Waals surface area contributed by atoms with Crippen molar-refractivity contribution in [3.63, 3.8) is 0 Å². The van der Waals surface area contributed by atoms with Crippen molar-refractivity contribution < 1.29 is 4.52 Å². The van der Waals surface area contributed by atoms with Gasteiger partial charge in [-0.25, -0.2) is 0 Å². The highest BCUT2D eigenvalue weighted by Gasteiger charge is 2.30. The predicted molar refractivity (Wildman–Crippen MR) is 73.7 cm³/mol. The van der Waals surface area contributed by atoms with Crippen LogP contribution in [0.15, 0.2) is 15.6 Å². The van der Waals surface area contributed by atoms with Gasteiger partial charge in [-0.3, -0.25) is 4.99 Å². The monoisotopic (exact) mass is 265 g/mol. The lowest BCUT2D eigenvalue weighted by molar-refractivity contribution is 0.311. The van der Waals surface area contributed by atoms with Crippen LogP contribution in [0.3, 0.4) is 0 Å². The molecule has 2 unspecified atom stereocenters. The maximum Gasteiger partial charge on any atom is 0.158 e. The van der Waals surface area contributed by atoms with Gasteiger partial charge < -0.3 is 9.84 Å². The number of thioether (sulfide) groups is 1. The van der Waals surface area contributed by atoms with E-state index in [-0.39, 0.29) is 0 Å². The number of nitrogens with zero attached hydrogens (tertiary/aromatic N) is 2. The van der Waals surface area contributed by atoms with Crippen molar-refractivity contribution in [2.75, 3.05) is 5.75 Å². The first-order valence-corrected chi connectivity index (χ1v) is 7.66. The normalized spacial score (nSPS) is 29.9. The third-order valence-corrected chi connectivity index (χ3v) is 4.82. The van der Waals surface area contributed by atoms with Crippen LogP contribution in [0.2, 0.25) is 0 Å². The zero-order valence-electron chi connectivity index (χ0n) is 10.7. The van der Waals surface area contributed by atoms with Gasteiger partial charge in [0.05, 0.1) is 5.69 Å².